The normalized spacial score (nSPS) is 10.5. The maximum absolute atomic E-state index is 12.4. The Bertz CT molecular complexity index is 869. The van der Waals surface area contributed by atoms with Gasteiger partial charge in [-0.25, -0.2) is 4.79 Å². The molecular formula is C18H22N2O5S. The van der Waals surface area contributed by atoms with Gasteiger partial charge in [0.05, 0.1) is 18.8 Å². The van der Waals surface area contributed by atoms with Gasteiger partial charge in [-0.3, -0.25) is 9.59 Å². The van der Waals surface area contributed by atoms with Crippen LogP contribution in [0.1, 0.15) is 34.6 Å². The minimum atomic E-state index is -0.472. The molecule has 26 heavy (non-hydrogen) atoms. The molecule has 0 aliphatic carbocycles. The number of thiophene rings is 1. The van der Waals surface area contributed by atoms with E-state index < -0.39 is 11.9 Å². The summed E-state index contributed by atoms with van der Waals surface area (Å²) in [6.45, 7) is 7.61. The zero-order valence-corrected chi connectivity index (χ0v) is 16.1. The van der Waals surface area contributed by atoms with E-state index in [1.165, 1.54) is 22.1 Å². The number of pyridine rings is 1. The molecule has 7 nitrogen and oxygen atoms in total. The van der Waals surface area contributed by atoms with Crippen molar-refractivity contribution in [2.24, 2.45) is 0 Å². The molecule has 2 heterocycles. The molecule has 2 aromatic rings. The van der Waals surface area contributed by atoms with Crippen LogP contribution in [0.15, 0.2) is 23.1 Å². The predicted molar refractivity (Wildman–Crippen MR) is 100 cm³/mol. The summed E-state index contributed by atoms with van der Waals surface area (Å²) in [5.41, 5.74) is 0.756. The lowest BCUT2D eigenvalue weighted by atomic mass is 10.1. The Balaban J connectivity index is 2.21. The number of carbonyl (C=O) groups excluding carboxylic acids is 2. The molecule has 0 aliphatic heterocycles. The molecule has 0 spiro atoms. The van der Waals surface area contributed by atoms with Gasteiger partial charge in [-0.1, -0.05) is 0 Å². The van der Waals surface area contributed by atoms with Crippen molar-refractivity contribution in [2.75, 3.05) is 18.5 Å². The Morgan fingerprint density at radius 1 is 1.23 bits per heavy atom. The molecular weight excluding hydrogens is 356 g/mol. The quantitative estimate of drug-likeness (QED) is 0.749. The number of nitrogens with zero attached hydrogens (tertiary/aromatic N) is 1. The number of aryl methyl sites for hydroxylation is 1. The monoisotopic (exact) mass is 378 g/mol. The number of hydrogen-bond donors (Lipinski definition) is 1. The molecule has 0 radical (unpaired) electrons. The lowest BCUT2D eigenvalue weighted by Crippen LogP contribution is -2.28. The molecule has 0 aromatic carbocycles. The Labute approximate surface area is 155 Å². The first-order valence-electron chi connectivity index (χ1n) is 8.28. The minimum absolute atomic E-state index is 0.183. The molecule has 0 saturated carbocycles. The van der Waals surface area contributed by atoms with E-state index in [4.69, 9.17) is 9.47 Å². The highest BCUT2D eigenvalue weighted by molar-refractivity contribution is 7.16. The van der Waals surface area contributed by atoms with Crippen LogP contribution in [0.3, 0.4) is 0 Å². The van der Waals surface area contributed by atoms with Gasteiger partial charge >= 0.3 is 5.97 Å². The second-order valence-electron chi connectivity index (χ2n) is 5.49. The van der Waals surface area contributed by atoms with Crippen LogP contribution in [0, 0.1) is 13.8 Å². The van der Waals surface area contributed by atoms with Crippen LogP contribution in [0.25, 0.3) is 0 Å². The van der Waals surface area contributed by atoms with Crippen LogP contribution in [0.4, 0.5) is 5.00 Å². The van der Waals surface area contributed by atoms with E-state index in [0.717, 1.165) is 10.4 Å². The smallest absolute Gasteiger partial charge is 0.341 e. The molecule has 2 aromatic heterocycles. The first-order chi connectivity index (χ1) is 12.4. The van der Waals surface area contributed by atoms with Crippen LogP contribution in [-0.2, 0) is 16.1 Å². The van der Waals surface area contributed by atoms with Crippen LogP contribution in [0.2, 0.25) is 0 Å². The molecule has 1 amide bonds. The van der Waals surface area contributed by atoms with Gasteiger partial charge in [0.2, 0.25) is 5.91 Å². The fourth-order valence-corrected chi connectivity index (χ4v) is 3.45. The summed E-state index contributed by atoms with van der Waals surface area (Å²) >= 11 is 1.30. The van der Waals surface area contributed by atoms with Crippen molar-refractivity contribution in [1.29, 1.82) is 0 Å². The number of amides is 1. The summed E-state index contributed by atoms with van der Waals surface area (Å²) in [6.07, 6.45) is 1.52. The third-order valence-corrected chi connectivity index (χ3v) is 4.84. The lowest BCUT2D eigenvalue weighted by molar-refractivity contribution is -0.116. The van der Waals surface area contributed by atoms with E-state index in [9.17, 15) is 14.4 Å². The van der Waals surface area contributed by atoms with Gasteiger partial charge in [-0.05, 0) is 45.4 Å². The van der Waals surface area contributed by atoms with Crippen LogP contribution < -0.4 is 15.6 Å². The fourth-order valence-electron chi connectivity index (χ4n) is 2.39. The van der Waals surface area contributed by atoms with Crippen molar-refractivity contribution < 1.29 is 19.1 Å². The van der Waals surface area contributed by atoms with Crippen molar-refractivity contribution in [1.82, 2.24) is 4.57 Å². The zero-order chi connectivity index (χ0) is 19.3. The van der Waals surface area contributed by atoms with Gasteiger partial charge in [0, 0.05) is 11.1 Å². The summed E-state index contributed by atoms with van der Waals surface area (Å²) in [4.78, 5) is 37.7. The van der Waals surface area contributed by atoms with E-state index in [0.29, 0.717) is 17.2 Å². The van der Waals surface area contributed by atoms with E-state index in [1.807, 2.05) is 13.8 Å². The first kappa shape index (κ1) is 19.7. The molecule has 0 bridgehead atoms. The van der Waals surface area contributed by atoms with E-state index >= 15 is 0 Å². The Morgan fingerprint density at radius 3 is 2.62 bits per heavy atom. The Hall–Kier alpha value is -2.61. The fraction of sp³-hybridized carbons (Fsp3) is 0.389. The molecule has 0 fully saturated rings. The maximum Gasteiger partial charge on any atom is 0.341 e. The van der Waals surface area contributed by atoms with Crippen LogP contribution in [-0.4, -0.2) is 29.7 Å². The molecule has 8 heteroatoms. The average molecular weight is 378 g/mol. The number of esters is 1. The predicted octanol–water partition coefficient (Wildman–Crippen LogP) is 2.74. The first-order valence-corrected chi connectivity index (χ1v) is 9.09. The molecule has 0 unspecified atom stereocenters. The number of nitrogens with one attached hydrogen (secondary N) is 1. The SMILES string of the molecule is CCOC(=O)c1c(NC(=O)Cn2cccc(OCC)c2=O)sc(C)c1C. The third kappa shape index (κ3) is 4.32. The maximum atomic E-state index is 12.4. The number of anilines is 1. The number of aromatic nitrogens is 1. The van der Waals surface area contributed by atoms with E-state index in [2.05, 4.69) is 5.32 Å². The number of rotatable bonds is 7. The standard InChI is InChI=1S/C18H22N2O5S/c1-5-24-13-8-7-9-20(17(13)22)10-14(21)19-16-15(18(23)25-6-2)11(3)12(4)26-16/h7-9H,5-6,10H2,1-4H3,(H,19,21). The van der Waals surface area contributed by atoms with Crippen LogP contribution >= 0.6 is 11.3 Å². The lowest BCUT2D eigenvalue weighted by Gasteiger charge is -2.10. The highest BCUT2D eigenvalue weighted by Crippen LogP contribution is 2.33. The Morgan fingerprint density at radius 2 is 1.96 bits per heavy atom. The van der Waals surface area contributed by atoms with Crippen molar-refractivity contribution >= 4 is 28.2 Å². The highest BCUT2D eigenvalue weighted by Gasteiger charge is 2.22. The van der Waals surface area contributed by atoms with Crippen molar-refractivity contribution in [2.45, 2.75) is 34.2 Å². The summed E-state index contributed by atoms with van der Waals surface area (Å²) in [6, 6.07) is 3.20. The minimum Gasteiger partial charge on any atom is -0.488 e. The van der Waals surface area contributed by atoms with Gasteiger partial charge in [0.25, 0.3) is 5.56 Å². The summed E-state index contributed by atoms with van der Waals surface area (Å²) in [7, 11) is 0. The zero-order valence-electron chi connectivity index (χ0n) is 15.3. The second-order valence-corrected chi connectivity index (χ2v) is 6.72. The molecule has 140 valence electrons. The van der Waals surface area contributed by atoms with Gasteiger partial charge in [0.1, 0.15) is 11.5 Å². The molecule has 2 rings (SSSR count). The van der Waals surface area contributed by atoms with Crippen LogP contribution in [0.5, 0.6) is 5.75 Å². The average Bonchev–Trinajstić information content (AvgIpc) is 2.85. The summed E-state index contributed by atoms with van der Waals surface area (Å²) in [5, 5.41) is 3.15. The van der Waals surface area contributed by atoms with Crippen molar-refractivity contribution in [3.63, 3.8) is 0 Å². The third-order valence-electron chi connectivity index (χ3n) is 3.72. The largest absolute Gasteiger partial charge is 0.488 e. The molecule has 0 atom stereocenters. The van der Waals surface area contributed by atoms with E-state index in [1.54, 1.807) is 26.0 Å². The van der Waals surface area contributed by atoms with Gasteiger partial charge < -0.3 is 19.4 Å². The molecule has 1 N–H and O–H groups in total. The summed E-state index contributed by atoms with van der Waals surface area (Å²) < 4.78 is 11.6. The van der Waals surface area contributed by atoms with Crippen molar-refractivity contribution in [3.05, 3.63) is 44.7 Å². The number of ether oxygens (including phenoxy) is 2. The summed E-state index contributed by atoms with van der Waals surface area (Å²) in [5.74, 6) is -0.689. The Kier molecular flexibility index (Phi) is 6.57. The van der Waals surface area contributed by atoms with Gasteiger partial charge in [-0.2, -0.15) is 0 Å². The second kappa shape index (κ2) is 8.66. The van der Waals surface area contributed by atoms with E-state index in [-0.39, 0.29) is 24.5 Å². The van der Waals surface area contributed by atoms with Crippen molar-refractivity contribution in [3.8, 4) is 5.75 Å². The topological polar surface area (TPSA) is 86.6 Å². The highest BCUT2D eigenvalue weighted by atomic mass is 32.1. The molecule has 0 saturated heterocycles. The van der Waals surface area contributed by atoms with Gasteiger partial charge in [-0.15, -0.1) is 11.3 Å². The number of carbonyl (C=O) groups is 2. The molecule has 0 aliphatic rings. The van der Waals surface area contributed by atoms with Gasteiger partial charge in [0.15, 0.2) is 5.75 Å². The number of hydrogen-bond acceptors (Lipinski definition) is 6.